The number of aryl methyl sites for hydroxylation is 2. The third-order valence-corrected chi connectivity index (χ3v) is 4.01. The monoisotopic (exact) mass is 294 g/mol. The second-order valence-electron chi connectivity index (χ2n) is 5.66. The summed E-state index contributed by atoms with van der Waals surface area (Å²) in [4.78, 5) is 8.70. The summed E-state index contributed by atoms with van der Waals surface area (Å²) in [5, 5.41) is 3.14. The Hall–Kier alpha value is -2.36. The summed E-state index contributed by atoms with van der Waals surface area (Å²) in [5.74, 6) is 0.497. The second kappa shape index (κ2) is 7.07. The van der Waals surface area contributed by atoms with Crippen molar-refractivity contribution in [2.75, 3.05) is 6.54 Å². The average molecular weight is 294 g/mol. The molecule has 0 aliphatic heterocycles. The molecule has 4 nitrogen and oxygen atoms in total. The van der Waals surface area contributed by atoms with E-state index >= 15 is 0 Å². The Kier molecular flexibility index (Phi) is 4.68. The maximum absolute atomic E-state index is 5.92. The van der Waals surface area contributed by atoms with Gasteiger partial charge in [0.15, 0.2) is 5.96 Å². The van der Waals surface area contributed by atoms with Crippen LogP contribution in [0.4, 0.5) is 0 Å². The molecule has 1 aromatic carbocycles. The van der Waals surface area contributed by atoms with Crippen LogP contribution in [0.15, 0.2) is 47.6 Å². The van der Waals surface area contributed by atoms with Crippen molar-refractivity contribution in [1.29, 1.82) is 0 Å². The number of hydrogen-bond donors (Lipinski definition) is 2. The van der Waals surface area contributed by atoms with Crippen LogP contribution in [-0.4, -0.2) is 17.5 Å². The minimum absolute atomic E-state index is 0.497. The number of rotatable bonds is 5. The van der Waals surface area contributed by atoms with Crippen LogP contribution in [0.25, 0.3) is 0 Å². The molecule has 0 atom stereocenters. The average Bonchev–Trinajstić information content (AvgIpc) is 3.01. The molecule has 0 saturated heterocycles. The van der Waals surface area contributed by atoms with Crippen molar-refractivity contribution in [2.45, 2.75) is 32.2 Å². The van der Waals surface area contributed by atoms with Crippen LogP contribution in [0.3, 0.4) is 0 Å². The Morgan fingerprint density at radius 3 is 2.95 bits per heavy atom. The first kappa shape index (κ1) is 14.6. The van der Waals surface area contributed by atoms with Gasteiger partial charge in [-0.1, -0.05) is 24.3 Å². The van der Waals surface area contributed by atoms with Gasteiger partial charge in [0.25, 0.3) is 0 Å². The molecule has 0 fully saturated rings. The highest BCUT2D eigenvalue weighted by Crippen LogP contribution is 2.22. The molecule has 2 aromatic rings. The van der Waals surface area contributed by atoms with Gasteiger partial charge in [0.05, 0.1) is 6.54 Å². The molecule has 1 aromatic heterocycles. The molecule has 0 bridgehead atoms. The first-order valence-corrected chi connectivity index (χ1v) is 7.85. The number of guanidine groups is 1. The highest BCUT2D eigenvalue weighted by atomic mass is 15.1. The number of fused-ring (bicyclic) bond motifs is 1. The van der Waals surface area contributed by atoms with E-state index in [2.05, 4.69) is 33.5 Å². The number of hydrogen-bond acceptors (Lipinski definition) is 2. The van der Waals surface area contributed by atoms with E-state index in [0.717, 1.165) is 18.7 Å². The molecule has 22 heavy (non-hydrogen) atoms. The summed E-state index contributed by atoms with van der Waals surface area (Å²) in [7, 11) is 0. The summed E-state index contributed by atoms with van der Waals surface area (Å²) < 4.78 is 0. The van der Waals surface area contributed by atoms with Crippen LogP contribution in [0.1, 0.15) is 28.8 Å². The van der Waals surface area contributed by atoms with Crippen molar-refractivity contribution < 1.29 is 0 Å². The van der Waals surface area contributed by atoms with E-state index in [1.54, 1.807) is 6.20 Å². The molecular formula is C18H22N4. The summed E-state index contributed by atoms with van der Waals surface area (Å²) in [6.45, 7) is 1.38. The van der Waals surface area contributed by atoms with Crippen LogP contribution in [-0.2, 0) is 25.8 Å². The Morgan fingerprint density at radius 1 is 1.18 bits per heavy atom. The van der Waals surface area contributed by atoms with Crippen LogP contribution in [0.2, 0.25) is 0 Å². The molecular weight excluding hydrogens is 272 g/mol. The van der Waals surface area contributed by atoms with Crippen molar-refractivity contribution in [1.82, 2.24) is 10.3 Å². The Balaban J connectivity index is 1.48. The first-order valence-electron chi connectivity index (χ1n) is 7.85. The molecule has 4 heteroatoms. The highest BCUT2D eigenvalue weighted by Gasteiger charge is 2.10. The van der Waals surface area contributed by atoms with Gasteiger partial charge in [-0.2, -0.15) is 0 Å². The SMILES string of the molecule is NC(=NCc1ccc2c(c1)CCC2)NCCc1ccccn1. The zero-order chi connectivity index (χ0) is 15.2. The van der Waals surface area contributed by atoms with Gasteiger partial charge in [-0.05, 0) is 48.1 Å². The van der Waals surface area contributed by atoms with Gasteiger partial charge in [-0.15, -0.1) is 0 Å². The number of nitrogens with zero attached hydrogens (tertiary/aromatic N) is 2. The van der Waals surface area contributed by atoms with Crippen molar-refractivity contribution in [3.05, 3.63) is 65.0 Å². The number of pyridine rings is 1. The Labute approximate surface area is 131 Å². The van der Waals surface area contributed by atoms with E-state index in [1.807, 2.05) is 18.2 Å². The fraction of sp³-hybridized carbons (Fsp3) is 0.333. The number of nitrogens with one attached hydrogen (secondary N) is 1. The third kappa shape index (κ3) is 3.85. The lowest BCUT2D eigenvalue weighted by molar-refractivity contribution is 0.827. The Bertz CT molecular complexity index is 649. The second-order valence-corrected chi connectivity index (χ2v) is 5.66. The van der Waals surface area contributed by atoms with Crippen molar-refractivity contribution in [3.8, 4) is 0 Å². The topological polar surface area (TPSA) is 63.3 Å². The highest BCUT2D eigenvalue weighted by molar-refractivity contribution is 5.77. The van der Waals surface area contributed by atoms with Crippen molar-refractivity contribution >= 4 is 5.96 Å². The molecule has 1 aliphatic carbocycles. The summed E-state index contributed by atoms with van der Waals surface area (Å²) in [6, 6.07) is 12.6. The van der Waals surface area contributed by atoms with E-state index in [0.29, 0.717) is 12.5 Å². The third-order valence-electron chi connectivity index (χ3n) is 4.01. The van der Waals surface area contributed by atoms with Crippen molar-refractivity contribution in [2.24, 2.45) is 10.7 Å². The molecule has 114 valence electrons. The molecule has 0 saturated carbocycles. The van der Waals surface area contributed by atoms with E-state index in [9.17, 15) is 0 Å². The van der Waals surface area contributed by atoms with E-state index in [-0.39, 0.29) is 0 Å². The largest absolute Gasteiger partial charge is 0.370 e. The van der Waals surface area contributed by atoms with Crippen LogP contribution >= 0.6 is 0 Å². The van der Waals surface area contributed by atoms with Gasteiger partial charge in [0, 0.05) is 24.9 Å². The molecule has 3 rings (SSSR count). The van der Waals surface area contributed by atoms with Gasteiger partial charge in [0.1, 0.15) is 0 Å². The lowest BCUT2D eigenvalue weighted by Crippen LogP contribution is -2.33. The zero-order valence-corrected chi connectivity index (χ0v) is 12.8. The molecule has 0 radical (unpaired) electrons. The van der Waals surface area contributed by atoms with Crippen LogP contribution in [0, 0.1) is 0 Å². The summed E-state index contributed by atoms with van der Waals surface area (Å²) in [5.41, 5.74) is 11.2. The van der Waals surface area contributed by atoms with Crippen LogP contribution < -0.4 is 11.1 Å². The van der Waals surface area contributed by atoms with E-state index in [4.69, 9.17) is 5.73 Å². The van der Waals surface area contributed by atoms with Gasteiger partial charge >= 0.3 is 0 Å². The molecule has 1 aliphatic rings. The van der Waals surface area contributed by atoms with E-state index < -0.39 is 0 Å². The smallest absolute Gasteiger partial charge is 0.188 e. The lowest BCUT2D eigenvalue weighted by Gasteiger charge is -2.06. The maximum atomic E-state index is 5.92. The first-order chi connectivity index (χ1) is 10.8. The lowest BCUT2D eigenvalue weighted by atomic mass is 10.1. The minimum Gasteiger partial charge on any atom is -0.370 e. The summed E-state index contributed by atoms with van der Waals surface area (Å²) in [6.07, 6.45) is 6.34. The molecule has 0 spiro atoms. The number of nitrogens with two attached hydrogens (primary N) is 1. The number of benzene rings is 1. The standard InChI is InChI=1S/C18H22N4/c19-18(21-11-9-17-6-1-2-10-20-17)22-13-14-7-8-15-4-3-5-16(15)12-14/h1-2,6-8,10,12H,3-5,9,11,13H2,(H3,19,21,22). The molecule has 3 N–H and O–H groups in total. The van der Waals surface area contributed by atoms with Gasteiger partial charge in [0.2, 0.25) is 0 Å². The predicted octanol–water partition coefficient (Wildman–Crippen LogP) is 2.22. The fourth-order valence-corrected chi connectivity index (χ4v) is 2.82. The van der Waals surface area contributed by atoms with Gasteiger partial charge in [-0.25, -0.2) is 4.99 Å². The van der Waals surface area contributed by atoms with Crippen LogP contribution in [0.5, 0.6) is 0 Å². The normalized spacial score (nSPS) is 13.9. The zero-order valence-electron chi connectivity index (χ0n) is 12.8. The van der Waals surface area contributed by atoms with E-state index in [1.165, 1.54) is 36.0 Å². The van der Waals surface area contributed by atoms with Crippen molar-refractivity contribution in [3.63, 3.8) is 0 Å². The molecule has 1 heterocycles. The Morgan fingerprint density at radius 2 is 2.09 bits per heavy atom. The molecule has 0 unspecified atom stereocenters. The number of aromatic nitrogens is 1. The maximum Gasteiger partial charge on any atom is 0.188 e. The predicted molar refractivity (Wildman–Crippen MR) is 89.7 cm³/mol. The number of aliphatic imine (C=N–C) groups is 1. The van der Waals surface area contributed by atoms with Gasteiger partial charge in [-0.3, -0.25) is 4.98 Å². The van der Waals surface area contributed by atoms with Gasteiger partial charge < -0.3 is 11.1 Å². The minimum atomic E-state index is 0.497. The quantitative estimate of drug-likeness (QED) is 0.656. The fourth-order valence-electron chi connectivity index (χ4n) is 2.82. The summed E-state index contributed by atoms with van der Waals surface area (Å²) >= 11 is 0. The molecule has 0 amide bonds.